The van der Waals surface area contributed by atoms with Crippen molar-refractivity contribution in [3.8, 4) is 17.2 Å². The van der Waals surface area contributed by atoms with Crippen molar-refractivity contribution in [1.82, 2.24) is 0 Å². The molecule has 124 valence electrons. The van der Waals surface area contributed by atoms with Gasteiger partial charge in [-0.25, -0.2) is 4.79 Å². The van der Waals surface area contributed by atoms with Crippen molar-refractivity contribution in [2.75, 3.05) is 27.9 Å². The summed E-state index contributed by atoms with van der Waals surface area (Å²) in [5.74, 6) is -1.38. The summed E-state index contributed by atoms with van der Waals surface area (Å²) in [7, 11) is 3.81. The predicted octanol–water partition coefficient (Wildman–Crippen LogP) is 2.42. The first kappa shape index (κ1) is 17.9. The summed E-state index contributed by atoms with van der Waals surface area (Å²) in [5, 5.41) is 8.50. The molecular formula is C13H15F3O6. The minimum absolute atomic E-state index is 0.00465. The summed E-state index contributed by atoms with van der Waals surface area (Å²) < 4.78 is 58.6. The molecule has 0 heterocycles. The number of ether oxygens (including phenoxy) is 4. The molecule has 0 aromatic heterocycles. The van der Waals surface area contributed by atoms with Crippen LogP contribution >= 0.6 is 0 Å². The molecule has 9 heteroatoms. The molecule has 0 aliphatic rings. The van der Waals surface area contributed by atoms with E-state index in [1.54, 1.807) is 0 Å². The van der Waals surface area contributed by atoms with Crippen LogP contribution in [0.2, 0.25) is 0 Å². The van der Waals surface area contributed by atoms with Gasteiger partial charge in [-0.3, -0.25) is 0 Å². The molecule has 1 rings (SSSR count). The van der Waals surface area contributed by atoms with E-state index in [2.05, 4.69) is 4.74 Å². The Morgan fingerprint density at radius 3 is 1.95 bits per heavy atom. The first-order valence-electron chi connectivity index (χ1n) is 5.94. The topological polar surface area (TPSA) is 74.2 Å². The molecule has 1 aromatic carbocycles. The van der Waals surface area contributed by atoms with Crippen molar-refractivity contribution in [1.29, 1.82) is 0 Å². The number of methoxy groups -OCH3 is 3. The van der Waals surface area contributed by atoms with Crippen molar-refractivity contribution in [3.05, 3.63) is 17.7 Å². The van der Waals surface area contributed by atoms with Crippen molar-refractivity contribution < 1.29 is 42.0 Å². The van der Waals surface area contributed by atoms with Gasteiger partial charge in [-0.15, -0.1) is 0 Å². The van der Waals surface area contributed by atoms with Gasteiger partial charge in [0.15, 0.2) is 17.6 Å². The highest BCUT2D eigenvalue weighted by Crippen LogP contribution is 2.44. The number of carboxylic acid groups (broad SMARTS) is 1. The summed E-state index contributed by atoms with van der Waals surface area (Å²) in [6, 6.07) is 2.11. The van der Waals surface area contributed by atoms with E-state index in [1.165, 1.54) is 21.3 Å². The number of carbonyl (C=O) groups is 1. The largest absolute Gasteiger partial charge is 0.493 e. The van der Waals surface area contributed by atoms with E-state index >= 15 is 0 Å². The van der Waals surface area contributed by atoms with Crippen LogP contribution in [0.5, 0.6) is 17.2 Å². The molecule has 0 bridgehead atoms. The standard InChI is InChI=1S/C13H15F3O6/c1-19-8-4-7(5-9(20-2)11(8)21-3)12(13(14,15)16)22-6-10(17)18/h4-5,12H,6H2,1-3H3,(H,17,18)/t12-/m0/s1. The summed E-state index contributed by atoms with van der Waals surface area (Å²) in [6.45, 7) is -1.10. The van der Waals surface area contributed by atoms with Crippen LogP contribution in [0, 0.1) is 0 Å². The maximum Gasteiger partial charge on any atom is 0.418 e. The number of hydrogen-bond donors (Lipinski definition) is 1. The first-order chi connectivity index (χ1) is 10.2. The SMILES string of the molecule is COc1cc([C@H](OCC(=O)O)C(F)(F)F)cc(OC)c1OC. The van der Waals surface area contributed by atoms with Crippen molar-refractivity contribution in [2.45, 2.75) is 12.3 Å². The lowest BCUT2D eigenvalue weighted by Gasteiger charge is -2.22. The van der Waals surface area contributed by atoms with Gasteiger partial charge >= 0.3 is 12.1 Å². The summed E-state index contributed by atoms with van der Waals surface area (Å²) in [6.07, 6.45) is -7.24. The minimum atomic E-state index is -4.81. The number of rotatable bonds is 7. The number of aliphatic carboxylic acids is 1. The maximum absolute atomic E-state index is 13.1. The number of carboxylic acids is 1. The van der Waals surface area contributed by atoms with Crippen LogP contribution in [-0.2, 0) is 9.53 Å². The van der Waals surface area contributed by atoms with Gasteiger partial charge in [0.05, 0.1) is 21.3 Å². The van der Waals surface area contributed by atoms with Crippen LogP contribution in [0.3, 0.4) is 0 Å². The number of benzene rings is 1. The summed E-state index contributed by atoms with van der Waals surface area (Å²) in [4.78, 5) is 10.4. The maximum atomic E-state index is 13.1. The second-order valence-electron chi connectivity index (χ2n) is 4.09. The van der Waals surface area contributed by atoms with E-state index in [4.69, 9.17) is 19.3 Å². The Labute approximate surface area is 124 Å². The molecule has 22 heavy (non-hydrogen) atoms. The van der Waals surface area contributed by atoms with Gasteiger partial charge in [0.2, 0.25) is 5.75 Å². The Balaban J connectivity index is 3.32. The van der Waals surface area contributed by atoms with E-state index in [-0.39, 0.29) is 22.8 Å². The first-order valence-corrected chi connectivity index (χ1v) is 5.94. The van der Waals surface area contributed by atoms with Gasteiger partial charge in [0, 0.05) is 0 Å². The number of alkyl halides is 3. The minimum Gasteiger partial charge on any atom is -0.493 e. The monoisotopic (exact) mass is 324 g/mol. The highest BCUT2D eigenvalue weighted by molar-refractivity contribution is 5.68. The lowest BCUT2D eigenvalue weighted by Crippen LogP contribution is -2.26. The molecule has 0 amide bonds. The Kier molecular flexibility index (Phi) is 5.86. The predicted molar refractivity (Wildman–Crippen MR) is 68.5 cm³/mol. The van der Waals surface area contributed by atoms with Gasteiger partial charge in [-0.05, 0) is 17.7 Å². The molecular weight excluding hydrogens is 309 g/mol. The summed E-state index contributed by atoms with van der Waals surface area (Å²) in [5.41, 5.74) is -0.358. The molecule has 0 saturated carbocycles. The smallest absolute Gasteiger partial charge is 0.418 e. The Morgan fingerprint density at radius 2 is 1.64 bits per heavy atom. The highest BCUT2D eigenvalue weighted by Gasteiger charge is 2.43. The summed E-state index contributed by atoms with van der Waals surface area (Å²) >= 11 is 0. The molecule has 0 aliphatic carbocycles. The zero-order valence-electron chi connectivity index (χ0n) is 12.1. The Bertz CT molecular complexity index is 504. The molecule has 1 aromatic rings. The second kappa shape index (κ2) is 7.21. The normalized spacial score (nSPS) is 12.6. The molecule has 1 atom stereocenters. The average molecular weight is 324 g/mol. The third-order valence-corrected chi connectivity index (χ3v) is 2.66. The third kappa shape index (κ3) is 4.17. The van der Waals surface area contributed by atoms with Crippen LogP contribution in [0.1, 0.15) is 11.7 Å². The molecule has 0 aliphatic heterocycles. The van der Waals surface area contributed by atoms with E-state index in [0.717, 1.165) is 12.1 Å². The van der Waals surface area contributed by atoms with Gasteiger partial charge < -0.3 is 24.1 Å². The second-order valence-corrected chi connectivity index (χ2v) is 4.09. The fraction of sp³-hybridized carbons (Fsp3) is 0.462. The Hall–Kier alpha value is -2.16. The van der Waals surface area contributed by atoms with Crippen molar-refractivity contribution in [2.24, 2.45) is 0 Å². The fourth-order valence-corrected chi connectivity index (χ4v) is 1.79. The molecule has 0 spiro atoms. The molecule has 0 fully saturated rings. The van der Waals surface area contributed by atoms with E-state index in [9.17, 15) is 18.0 Å². The van der Waals surface area contributed by atoms with Crippen molar-refractivity contribution in [3.63, 3.8) is 0 Å². The van der Waals surface area contributed by atoms with E-state index < -0.39 is 24.9 Å². The number of halogens is 3. The lowest BCUT2D eigenvalue weighted by molar-refractivity contribution is -0.225. The highest BCUT2D eigenvalue weighted by atomic mass is 19.4. The van der Waals surface area contributed by atoms with Gasteiger partial charge in [0.25, 0.3) is 0 Å². The van der Waals surface area contributed by atoms with E-state index in [0.29, 0.717) is 0 Å². The van der Waals surface area contributed by atoms with Gasteiger partial charge in [-0.1, -0.05) is 0 Å². The number of hydrogen-bond acceptors (Lipinski definition) is 5. The quantitative estimate of drug-likeness (QED) is 0.830. The van der Waals surface area contributed by atoms with Crippen LogP contribution in [0.25, 0.3) is 0 Å². The van der Waals surface area contributed by atoms with Crippen LogP contribution in [0.4, 0.5) is 13.2 Å². The van der Waals surface area contributed by atoms with Crippen LogP contribution < -0.4 is 14.2 Å². The molecule has 1 N–H and O–H groups in total. The zero-order chi connectivity index (χ0) is 16.9. The van der Waals surface area contributed by atoms with Crippen LogP contribution in [0.15, 0.2) is 12.1 Å². The zero-order valence-corrected chi connectivity index (χ0v) is 12.1. The fourth-order valence-electron chi connectivity index (χ4n) is 1.79. The van der Waals surface area contributed by atoms with Gasteiger partial charge in [0.1, 0.15) is 6.61 Å². The Morgan fingerprint density at radius 1 is 1.14 bits per heavy atom. The average Bonchev–Trinajstić information content (AvgIpc) is 2.44. The van der Waals surface area contributed by atoms with E-state index in [1.807, 2.05) is 0 Å². The molecule has 6 nitrogen and oxygen atoms in total. The lowest BCUT2D eigenvalue weighted by atomic mass is 10.1. The van der Waals surface area contributed by atoms with Crippen LogP contribution in [-0.4, -0.2) is 45.2 Å². The molecule has 0 unspecified atom stereocenters. The third-order valence-electron chi connectivity index (χ3n) is 2.66. The van der Waals surface area contributed by atoms with Gasteiger partial charge in [-0.2, -0.15) is 13.2 Å². The molecule has 0 saturated heterocycles. The van der Waals surface area contributed by atoms with Crippen molar-refractivity contribution >= 4 is 5.97 Å². The molecule has 0 radical (unpaired) electrons.